The van der Waals surface area contributed by atoms with Crippen molar-refractivity contribution in [3.63, 3.8) is 0 Å². The lowest BCUT2D eigenvalue weighted by atomic mass is 10.00. The molecular formula is C12H19N3. The van der Waals surface area contributed by atoms with Crippen molar-refractivity contribution in [1.29, 1.82) is 0 Å². The molecule has 2 unspecified atom stereocenters. The van der Waals surface area contributed by atoms with Gasteiger partial charge in [0.05, 0.1) is 5.69 Å². The molecule has 0 amide bonds. The van der Waals surface area contributed by atoms with Gasteiger partial charge in [0, 0.05) is 24.5 Å². The summed E-state index contributed by atoms with van der Waals surface area (Å²) in [5, 5.41) is 2.36. The van der Waals surface area contributed by atoms with Crippen molar-refractivity contribution in [2.75, 3.05) is 5.43 Å². The van der Waals surface area contributed by atoms with Gasteiger partial charge in [-0.05, 0) is 38.8 Å². The fourth-order valence-corrected chi connectivity index (χ4v) is 2.22. The molecule has 0 aliphatic carbocycles. The first-order chi connectivity index (χ1) is 7.27. The van der Waals surface area contributed by atoms with E-state index in [1.165, 1.54) is 19.3 Å². The number of pyridine rings is 1. The highest BCUT2D eigenvalue weighted by atomic mass is 15.5. The first kappa shape index (κ1) is 10.4. The average Bonchev–Trinajstić information content (AvgIpc) is 2.25. The van der Waals surface area contributed by atoms with E-state index >= 15 is 0 Å². The number of hydrazine groups is 1. The first-order valence-electron chi connectivity index (χ1n) is 5.72. The van der Waals surface area contributed by atoms with Gasteiger partial charge >= 0.3 is 0 Å². The lowest BCUT2D eigenvalue weighted by molar-refractivity contribution is 0.136. The number of piperidine rings is 1. The van der Waals surface area contributed by atoms with Gasteiger partial charge in [-0.3, -0.25) is 4.98 Å². The summed E-state index contributed by atoms with van der Waals surface area (Å²) in [5.74, 6) is 0. The molecule has 3 heteroatoms. The SMILES string of the molecule is CC1CCCC(C)N1Nc1ccncc1. The van der Waals surface area contributed by atoms with Gasteiger partial charge < -0.3 is 5.43 Å². The number of anilines is 1. The molecule has 1 N–H and O–H groups in total. The van der Waals surface area contributed by atoms with E-state index in [0.717, 1.165) is 5.69 Å². The lowest BCUT2D eigenvalue weighted by Crippen LogP contribution is -2.47. The molecule has 1 aliphatic rings. The summed E-state index contributed by atoms with van der Waals surface area (Å²) in [6, 6.07) is 5.24. The summed E-state index contributed by atoms with van der Waals surface area (Å²) in [6.45, 7) is 4.56. The molecule has 3 nitrogen and oxygen atoms in total. The third-order valence-corrected chi connectivity index (χ3v) is 3.13. The van der Waals surface area contributed by atoms with Crippen LogP contribution in [0.1, 0.15) is 33.1 Å². The molecule has 0 bridgehead atoms. The smallest absolute Gasteiger partial charge is 0.0520 e. The van der Waals surface area contributed by atoms with Crippen molar-refractivity contribution in [2.45, 2.75) is 45.2 Å². The fourth-order valence-electron chi connectivity index (χ4n) is 2.22. The maximum atomic E-state index is 4.02. The van der Waals surface area contributed by atoms with Crippen molar-refractivity contribution in [3.8, 4) is 0 Å². The Labute approximate surface area is 91.5 Å². The second-order valence-corrected chi connectivity index (χ2v) is 4.38. The predicted molar refractivity (Wildman–Crippen MR) is 62.5 cm³/mol. The minimum Gasteiger partial charge on any atom is -0.318 e. The highest BCUT2D eigenvalue weighted by Crippen LogP contribution is 2.22. The molecule has 2 heterocycles. The van der Waals surface area contributed by atoms with Crippen LogP contribution in [0.15, 0.2) is 24.5 Å². The Hall–Kier alpha value is -1.09. The van der Waals surface area contributed by atoms with Crippen molar-refractivity contribution in [1.82, 2.24) is 9.99 Å². The van der Waals surface area contributed by atoms with Crippen LogP contribution in [-0.4, -0.2) is 22.1 Å². The van der Waals surface area contributed by atoms with Crippen molar-refractivity contribution >= 4 is 5.69 Å². The Balaban J connectivity index is 2.03. The zero-order valence-electron chi connectivity index (χ0n) is 9.48. The molecule has 0 radical (unpaired) electrons. The summed E-state index contributed by atoms with van der Waals surface area (Å²) in [5.41, 5.74) is 4.60. The van der Waals surface area contributed by atoms with E-state index < -0.39 is 0 Å². The Bertz CT molecular complexity index is 289. The van der Waals surface area contributed by atoms with Crippen molar-refractivity contribution in [3.05, 3.63) is 24.5 Å². The summed E-state index contributed by atoms with van der Waals surface area (Å²) in [6.07, 6.45) is 7.55. The molecule has 0 spiro atoms. The van der Waals surface area contributed by atoms with Gasteiger partial charge in [-0.15, -0.1) is 0 Å². The van der Waals surface area contributed by atoms with Crippen LogP contribution in [0.3, 0.4) is 0 Å². The van der Waals surface area contributed by atoms with Crippen LogP contribution >= 0.6 is 0 Å². The maximum Gasteiger partial charge on any atom is 0.0520 e. The minimum atomic E-state index is 0.613. The molecule has 1 aromatic heterocycles. The van der Waals surface area contributed by atoms with Crippen LogP contribution < -0.4 is 5.43 Å². The normalized spacial score (nSPS) is 27.6. The monoisotopic (exact) mass is 205 g/mol. The van der Waals surface area contributed by atoms with Gasteiger partial charge in [0.15, 0.2) is 0 Å². The third-order valence-electron chi connectivity index (χ3n) is 3.13. The zero-order valence-corrected chi connectivity index (χ0v) is 9.48. The van der Waals surface area contributed by atoms with Crippen LogP contribution in [-0.2, 0) is 0 Å². The lowest BCUT2D eigenvalue weighted by Gasteiger charge is -2.39. The second kappa shape index (κ2) is 4.62. The summed E-state index contributed by atoms with van der Waals surface area (Å²) in [4.78, 5) is 4.02. The Morgan fingerprint density at radius 2 is 1.80 bits per heavy atom. The molecule has 1 fully saturated rings. The Morgan fingerprint density at radius 3 is 2.40 bits per heavy atom. The molecule has 0 saturated carbocycles. The van der Waals surface area contributed by atoms with Gasteiger partial charge in [-0.2, -0.15) is 0 Å². The van der Waals surface area contributed by atoms with Gasteiger partial charge in [-0.1, -0.05) is 6.42 Å². The molecule has 2 rings (SSSR count). The molecule has 1 aliphatic heterocycles. The molecule has 1 saturated heterocycles. The van der Waals surface area contributed by atoms with E-state index in [2.05, 4.69) is 29.3 Å². The molecule has 0 aromatic carbocycles. The van der Waals surface area contributed by atoms with Crippen LogP contribution in [0.25, 0.3) is 0 Å². The van der Waals surface area contributed by atoms with Crippen LogP contribution in [0.4, 0.5) is 5.69 Å². The standard InChI is InChI=1S/C12H19N3/c1-10-4-3-5-11(2)15(10)14-12-6-8-13-9-7-12/h6-11H,3-5H2,1-2H3,(H,13,14). The van der Waals surface area contributed by atoms with Gasteiger partial charge in [0.2, 0.25) is 0 Å². The summed E-state index contributed by atoms with van der Waals surface area (Å²) in [7, 11) is 0. The number of aromatic nitrogens is 1. The number of rotatable bonds is 2. The average molecular weight is 205 g/mol. The van der Waals surface area contributed by atoms with Gasteiger partial charge in [0.25, 0.3) is 0 Å². The molecule has 2 atom stereocenters. The number of nitrogens with zero attached hydrogens (tertiary/aromatic N) is 2. The minimum absolute atomic E-state index is 0.613. The molecular weight excluding hydrogens is 186 g/mol. The van der Waals surface area contributed by atoms with Crippen molar-refractivity contribution in [2.24, 2.45) is 0 Å². The molecule has 1 aromatic rings. The zero-order chi connectivity index (χ0) is 10.7. The Morgan fingerprint density at radius 1 is 1.20 bits per heavy atom. The topological polar surface area (TPSA) is 28.2 Å². The van der Waals surface area contributed by atoms with E-state index in [4.69, 9.17) is 0 Å². The first-order valence-corrected chi connectivity index (χ1v) is 5.72. The van der Waals surface area contributed by atoms with E-state index in [-0.39, 0.29) is 0 Å². The van der Waals surface area contributed by atoms with Crippen LogP contribution in [0.5, 0.6) is 0 Å². The van der Waals surface area contributed by atoms with Gasteiger partial charge in [-0.25, -0.2) is 5.01 Å². The second-order valence-electron chi connectivity index (χ2n) is 4.38. The third kappa shape index (κ3) is 2.48. The molecule has 82 valence electrons. The van der Waals surface area contributed by atoms with Crippen LogP contribution in [0, 0.1) is 0 Å². The fraction of sp³-hybridized carbons (Fsp3) is 0.583. The largest absolute Gasteiger partial charge is 0.318 e. The van der Waals surface area contributed by atoms with E-state index in [0.29, 0.717) is 12.1 Å². The number of nitrogens with one attached hydrogen (secondary N) is 1. The van der Waals surface area contributed by atoms with E-state index in [9.17, 15) is 0 Å². The predicted octanol–water partition coefficient (Wildman–Crippen LogP) is 2.67. The number of hydrogen-bond donors (Lipinski definition) is 1. The van der Waals surface area contributed by atoms with Gasteiger partial charge in [0.1, 0.15) is 0 Å². The maximum absolute atomic E-state index is 4.02. The van der Waals surface area contributed by atoms with Crippen LogP contribution in [0.2, 0.25) is 0 Å². The highest BCUT2D eigenvalue weighted by molar-refractivity contribution is 5.39. The summed E-state index contributed by atoms with van der Waals surface area (Å²) >= 11 is 0. The summed E-state index contributed by atoms with van der Waals surface area (Å²) < 4.78 is 0. The Kier molecular flexibility index (Phi) is 3.21. The molecule has 15 heavy (non-hydrogen) atoms. The highest BCUT2D eigenvalue weighted by Gasteiger charge is 2.24. The van der Waals surface area contributed by atoms with E-state index in [1.54, 1.807) is 0 Å². The quantitative estimate of drug-likeness (QED) is 0.804. The van der Waals surface area contributed by atoms with E-state index in [1.807, 2.05) is 24.5 Å². The van der Waals surface area contributed by atoms with Crippen molar-refractivity contribution < 1.29 is 0 Å². The number of hydrogen-bond acceptors (Lipinski definition) is 3.